The summed E-state index contributed by atoms with van der Waals surface area (Å²) >= 11 is 0. The predicted octanol–water partition coefficient (Wildman–Crippen LogP) is 6.16. The minimum atomic E-state index is -0.252. The van der Waals surface area contributed by atoms with Crippen molar-refractivity contribution in [3.63, 3.8) is 0 Å². The number of unbranched alkanes of at least 4 members (excludes halogenated alkanes) is 8. The lowest BCUT2D eigenvalue weighted by molar-refractivity contribution is 0.0499. The Hall–Kier alpha value is -1.51. The molecule has 0 atom stereocenters. The van der Waals surface area contributed by atoms with Gasteiger partial charge in [0.05, 0.1) is 18.8 Å². The van der Waals surface area contributed by atoms with Crippen LogP contribution in [0.3, 0.4) is 0 Å². The van der Waals surface area contributed by atoms with E-state index in [0.717, 1.165) is 31.6 Å². The van der Waals surface area contributed by atoms with Gasteiger partial charge in [0.15, 0.2) is 0 Å². The third-order valence-electron chi connectivity index (χ3n) is 4.09. The van der Waals surface area contributed by atoms with Crippen molar-refractivity contribution in [2.45, 2.75) is 78.1 Å². The van der Waals surface area contributed by atoms with Gasteiger partial charge in [-0.05, 0) is 37.1 Å². The molecule has 0 N–H and O–H groups in total. The quantitative estimate of drug-likeness (QED) is 0.302. The van der Waals surface area contributed by atoms with Gasteiger partial charge in [-0.2, -0.15) is 0 Å². The first kappa shape index (κ1) is 20.5. The van der Waals surface area contributed by atoms with E-state index in [9.17, 15) is 4.79 Å². The fourth-order valence-electron chi connectivity index (χ4n) is 2.51. The molecule has 1 aromatic carbocycles. The molecule has 0 saturated carbocycles. The number of rotatable bonds is 14. The Labute approximate surface area is 147 Å². The zero-order valence-corrected chi connectivity index (χ0v) is 15.5. The summed E-state index contributed by atoms with van der Waals surface area (Å²) in [6.07, 6.45) is 12.3. The van der Waals surface area contributed by atoms with Crippen LogP contribution >= 0.6 is 0 Å². The van der Waals surface area contributed by atoms with E-state index in [4.69, 9.17) is 9.47 Å². The van der Waals surface area contributed by atoms with Gasteiger partial charge in [0.2, 0.25) is 0 Å². The topological polar surface area (TPSA) is 35.5 Å². The van der Waals surface area contributed by atoms with Gasteiger partial charge >= 0.3 is 5.97 Å². The average molecular weight is 335 g/mol. The van der Waals surface area contributed by atoms with Crippen molar-refractivity contribution in [3.05, 3.63) is 29.8 Å². The first-order chi connectivity index (χ1) is 11.8. The lowest BCUT2D eigenvalue weighted by atomic mass is 10.1. The van der Waals surface area contributed by atoms with E-state index < -0.39 is 0 Å². The van der Waals surface area contributed by atoms with Crippen molar-refractivity contribution < 1.29 is 14.3 Å². The number of carbonyl (C=O) groups is 1. The number of benzene rings is 1. The predicted molar refractivity (Wildman–Crippen MR) is 99.7 cm³/mol. The molecule has 0 unspecified atom stereocenters. The highest BCUT2D eigenvalue weighted by Gasteiger charge is 2.06. The Morgan fingerprint density at radius 2 is 1.33 bits per heavy atom. The highest BCUT2D eigenvalue weighted by Crippen LogP contribution is 2.14. The minimum absolute atomic E-state index is 0.252. The Bertz CT molecular complexity index is 425. The molecule has 0 radical (unpaired) electrons. The van der Waals surface area contributed by atoms with Gasteiger partial charge in [0.25, 0.3) is 0 Å². The van der Waals surface area contributed by atoms with Crippen LogP contribution in [0, 0.1) is 0 Å². The number of hydrogen-bond acceptors (Lipinski definition) is 3. The maximum absolute atomic E-state index is 11.8. The van der Waals surface area contributed by atoms with E-state index in [1.807, 2.05) is 12.1 Å². The second-order valence-corrected chi connectivity index (χ2v) is 6.34. The normalized spacial score (nSPS) is 10.6. The summed E-state index contributed by atoms with van der Waals surface area (Å²) in [7, 11) is 0. The third-order valence-corrected chi connectivity index (χ3v) is 4.09. The summed E-state index contributed by atoms with van der Waals surface area (Å²) in [5.74, 6) is 0.570. The largest absolute Gasteiger partial charge is 0.494 e. The summed E-state index contributed by atoms with van der Waals surface area (Å²) < 4.78 is 10.9. The van der Waals surface area contributed by atoms with Crippen molar-refractivity contribution in [1.29, 1.82) is 0 Å². The van der Waals surface area contributed by atoms with Crippen molar-refractivity contribution in [2.75, 3.05) is 13.2 Å². The number of hydrogen-bond donors (Lipinski definition) is 0. The third kappa shape index (κ3) is 9.59. The van der Waals surface area contributed by atoms with Crippen LogP contribution in [-0.2, 0) is 4.74 Å². The van der Waals surface area contributed by atoms with Crippen molar-refractivity contribution in [2.24, 2.45) is 0 Å². The molecule has 24 heavy (non-hydrogen) atoms. The molecule has 0 amide bonds. The molecule has 1 rings (SSSR count). The molecule has 3 nitrogen and oxygen atoms in total. The van der Waals surface area contributed by atoms with Gasteiger partial charge in [-0.1, -0.05) is 65.2 Å². The number of ether oxygens (including phenoxy) is 2. The van der Waals surface area contributed by atoms with Crippen molar-refractivity contribution in [3.8, 4) is 5.75 Å². The smallest absolute Gasteiger partial charge is 0.338 e. The van der Waals surface area contributed by atoms with Crippen LogP contribution in [0.5, 0.6) is 5.75 Å². The highest BCUT2D eigenvalue weighted by molar-refractivity contribution is 5.89. The highest BCUT2D eigenvalue weighted by atomic mass is 16.5. The Morgan fingerprint density at radius 3 is 1.96 bits per heavy atom. The summed E-state index contributed by atoms with van der Waals surface area (Å²) in [6.45, 7) is 5.56. The Kier molecular flexibility index (Phi) is 11.9. The first-order valence-electron chi connectivity index (χ1n) is 9.68. The van der Waals surface area contributed by atoms with Gasteiger partial charge in [0.1, 0.15) is 5.75 Å². The van der Waals surface area contributed by atoms with Crippen LogP contribution in [0.2, 0.25) is 0 Å². The second-order valence-electron chi connectivity index (χ2n) is 6.34. The molecular weight excluding hydrogens is 300 g/mol. The monoisotopic (exact) mass is 334 g/mol. The van der Waals surface area contributed by atoms with E-state index in [0.29, 0.717) is 12.2 Å². The fourth-order valence-corrected chi connectivity index (χ4v) is 2.51. The maximum Gasteiger partial charge on any atom is 0.338 e. The SMILES string of the molecule is CCCCCCCCCCOc1ccc(C(=O)OCCCC)cc1. The molecule has 0 heterocycles. The molecule has 0 aromatic heterocycles. The van der Waals surface area contributed by atoms with Crippen LogP contribution in [0.1, 0.15) is 88.4 Å². The molecule has 0 bridgehead atoms. The van der Waals surface area contributed by atoms with E-state index in [-0.39, 0.29) is 5.97 Å². The van der Waals surface area contributed by atoms with E-state index >= 15 is 0 Å². The summed E-state index contributed by atoms with van der Waals surface area (Å²) in [5.41, 5.74) is 0.588. The van der Waals surface area contributed by atoms with Crippen LogP contribution in [0.15, 0.2) is 24.3 Å². The number of esters is 1. The summed E-state index contributed by atoms with van der Waals surface area (Å²) in [4.78, 5) is 11.8. The molecule has 0 aliphatic heterocycles. The van der Waals surface area contributed by atoms with Crippen LogP contribution in [0.25, 0.3) is 0 Å². The van der Waals surface area contributed by atoms with E-state index in [2.05, 4.69) is 13.8 Å². The Balaban J connectivity index is 2.10. The standard InChI is InChI=1S/C21H34O3/c1-3-5-7-8-9-10-11-12-18-23-20-15-13-19(14-16-20)21(22)24-17-6-4-2/h13-16H,3-12,17-18H2,1-2H3. The van der Waals surface area contributed by atoms with Crippen molar-refractivity contribution in [1.82, 2.24) is 0 Å². The lowest BCUT2D eigenvalue weighted by Crippen LogP contribution is -2.06. The fraction of sp³-hybridized carbons (Fsp3) is 0.667. The lowest BCUT2D eigenvalue weighted by Gasteiger charge is -2.07. The van der Waals surface area contributed by atoms with Crippen molar-refractivity contribution >= 4 is 5.97 Å². The molecule has 0 aliphatic carbocycles. The molecular formula is C21H34O3. The molecule has 3 heteroatoms. The van der Waals surface area contributed by atoms with E-state index in [1.165, 1.54) is 44.9 Å². The minimum Gasteiger partial charge on any atom is -0.494 e. The summed E-state index contributed by atoms with van der Waals surface area (Å²) in [6, 6.07) is 7.25. The van der Waals surface area contributed by atoms with Gasteiger partial charge in [0, 0.05) is 0 Å². The van der Waals surface area contributed by atoms with Crippen LogP contribution < -0.4 is 4.74 Å². The van der Waals surface area contributed by atoms with Gasteiger partial charge in [-0.3, -0.25) is 0 Å². The van der Waals surface area contributed by atoms with Gasteiger partial charge in [-0.15, -0.1) is 0 Å². The maximum atomic E-state index is 11.8. The molecule has 136 valence electrons. The average Bonchev–Trinajstić information content (AvgIpc) is 2.61. The van der Waals surface area contributed by atoms with Crippen LogP contribution in [-0.4, -0.2) is 19.2 Å². The molecule has 0 fully saturated rings. The van der Waals surface area contributed by atoms with Gasteiger partial charge in [-0.25, -0.2) is 4.79 Å². The molecule has 0 spiro atoms. The molecule has 0 aliphatic rings. The second kappa shape index (κ2) is 13.9. The first-order valence-corrected chi connectivity index (χ1v) is 9.68. The van der Waals surface area contributed by atoms with Gasteiger partial charge < -0.3 is 9.47 Å². The molecule has 1 aromatic rings. The molecule has 0 saturated heterocycles. The van der Waals surface area contributed by atoms with E-state index in [1.54, 1.807) is 12.1 Å². The van der Waals surface area contributed by atoms with Crippen LogP contribution in [0.4, 0.5) is 0 Å². The number of carbonyl (C=O) groups excluding carboxylic acids is 1. The summed E-state index contributed by atoms with van der Waals surface area (Å²) in [5, 5.41) is 0. The zero-order chi connectivity index (χ0) is 17.5. The Morgan fingerprint density at radius 1 is 0.750 bits per heavy atom. The zero-order valence-electron chi connectivity index (χ0n) is 15.5.